The molecule has 1 aromatic carbocycles. The van der Waals surface area contributed by atoms with E-state index >= 15 is 0 Å². The van der Waals surface area contributed by atoms with Crippen LogP contribution in [0.4, 0.5) is 11.8 Å². The number of sulfonamides is 1. The molecule has 2 aliphatic heterocycles. The van der Waals surface area contributed by atoms with E-state index < -0.39 is 15.8 Å². The molecule has 0 saturated carbocycles. The van der Waals surface area contributed by atoms with Crippen molar-refractivity contribution in [3.8, 4) is 0 Å². The van der Waals surface area contributed by atoms with Gasteiger partial charge in [-0.25, -0.2) is 18.2 Å². The molecule has 2 aliphatic rings. The lowest BCUT2D eigenvalue weighted by molar-refractivity contribution is 0.382. The number of hydrogen-bond acceptors (Lipinski definition) is 8. The summed E-state index contributed by atoms with van der Waals surface area (Å²) in [6.45, 7) is 5.66. The molecular weight excluding hydrogens is 432 g/mol. The van der Waals surface area contributed by atoms with E-state index in [9.17, 15) is 13.2 Å². The van der Waals surface area contributed by atoms with Crippen LogP contribution in [0.2, 0.25) is 0 Å². The summed E-state index contributed by atoms with van der Waals surface area (Å²) in [7, 11) is -3.69. The van der Waals surface area contributed by atoms with Crippen molar-refractivity contribution in [1.82, 2.24) is 19.3 Å². The van der Waals surface area contributed by atoms with Crippen LogP contribution in [-0.2, 0) is 10.0 Å². The van der Waals surface area contributed by atoms with Crippen LogP contribution >= 0.6 is 0 Å². The predicted molar refractivity (Wildman–Crippen MR) is 121 cm³/mol. The van der Waals surface area contributed by atoms with Crippen molar-refractivity contribution in [3.05, 3.63) is 40.5 Å². The summed E-state index contributed by atoms with van der Waals surface area (Å²) >= 11 is 0. The molecule has 5 rings (SSSR count). The van der Waals surface area contributed by atoms with Gasteiger partial charge in [0.2, 0.25) is 16.0 Å². The molecular formula is C21H26N6O4S. The molecule has 2 fully saturated rings. The fraction of sp³-hybridized carbons (Fsp3) is 0.476. The van der Waals surface area contributed by atoms with Crippen molar-refractivity contribution in [2.75, 3.05) is 49.1 Å². The second-order valence-electron chi connectivity index (χ2n) is 8.28. The van der Waals surface area contributed by atoms with Crippen LogP contribution in [0.25, 0.3) is 11.1 Å². The number of aromatic amines is 1. The maximum Gasteiger partial charge on any atom is 0.417 e. The number of nitrogens with one attached hydrogen (secondary N) is 1. The fourth-order valence-electron chi connectivity index (χ4n) is 4.33. The number of anilines is 2. The van der Waals surface area contributed by atoms with Gasteiger partial charge in [0.1, 0.15) is 5.82 Å². The van der Waals surface area contributed by atoms with Gasteiger partial charge in [0.15, 0.2) is 5.58 Å². The number of H-pyrrole nitrogens is 1. The summed E-state index contributed by atoms with van der Waals surface area (Å²) in [4.78, 5) is 27.8. The molecule has 0 bridgehead atoms. The van der Waals surface area contributed by atoms with Crippen LogP contribution in [0.1, 0.15) is 25.0 Å². The van der Waals surface area contributed by atoms with Crippen LogP contribution in [-0.4, -0.2) is 66.9 Å². The first-order chi connectivity index (χ1) is 15.4. The van der Waals surface area contributed by atoms with Crippen LogP contribution in [0, 0.1) is 6.92 Å². The van der Waals surface area contributed by atoms with Gasteiger partial charge in [-0.15, -0.1) is 0 Å². The van der Waals surface area contributed by atoms with E-state index in [-0.39, 0.29) is 4.90 Å². The second-order valence-corrected chi connectivity index (χ2v) is 10.2. The van der Waals surface area contributed by atoms with Crippen molar-refractivity contribution in [2.45, 2.75) is 31.1 Å². The maximum absolute atomic E-state index is 13.1. The number of benzene rings is 1. The molecule has 0 aliphatic carbocycles. The van der Waals surface area contributed by atoms with Crippen LogP contribution in [0.5, 0.6) is 0 Å². The largest absolute Gasteiger partial charge is 0.417 e. The van der Waals surface area contributed by atoms with Gasteiger partial charge < -0.3 is 14.2 Å². The van der Waals surface area contributed by atoms with Gasteiger partial charge in [-0.3, -0.25) is 4.98 Å². The van der Waals surface area contributed by atoms with E-state index in [1.54, 1.807) is 0 Å². The molecule has 11 heteroatoms. The van der Waals surface area contributed by atoms with Gasteiger partial charge in [-0.1, -0.05) is 0 Å². The Bertz CT molecular complexity index is 1290. The topological polar surface area (TPSA) is 116 Å². The van der Waals surface area contributed by atoms with E-state index in [4.69, 9.17) is 9.40 Å². The van der Waals surface area contributed by atoms with Gasteiger partial charge in [-0.2, -0.15) is 9.29 Å². The molecule has 0 unspecified atom stereocenters. The number of piperidine rings is 1. The predicted octanol–water partition coefficient (Wildman–Crippen LogP) is 1.72. The number of oxazole rings is 1. The minimum atomic E-state index is -3.69. The van der Waals surface area contributed by atoms with Crippen LogP contribution in [0.3, 0.4) is 0 Å². The molecule has 170 valence electrons. The third-order valence-electron chi connectivity index (χ3n) is 6.06. The summed E-state index contributed by atoms with van der Waals surface area (Å²) < 4.78 is 32.7. The number of aryl methyl sites for hydroxylation is 1. The SMILES string of the molecule is Cc1cc(N2CCCCC2)nc(N2CCN(S(=O)(=O)c3ccc4oc(=O)[nH]c4c3)CC2)n1. The maximum atomic E-state index is 13.1. The Labute approximate surface area is 185 Å². The van der Waals surface area contributed by atoms with Crippen molar-refractivity contribution in [1.29, 1.82) is 0 Å². The average molecular weight is 459 g/mol. The number of nitrogens with zero attached hydrogens (tertiary/aromatic N) is 5. The van der Waals surface area contributed by atoms with Crippen LogP contribution < -0.4 is 15.6 Å². The van der Waals surface area contributed by atoms with Crippen molar-refractivity contribution in [3.63, 3.8) is 0 Å². The van der Waals surface area contributed by atoms with E-state index in [0.29, 0.717) is 43.2 Å². The van der Waals surface area contributed by atoms with E-state index in [0.717, 1.165) is 24.6 Å². The van der Waals surface area contributed by atoms with Gasteiger partial charge in [0.05, 0.1) is 10.4 Å². The Morgan fingerprint density at radius 3 is 2.44 bits per heavy atom. The first-order valence-corrected chi connectivity index (χ1v) is 12.3. The molecule has 4 heterocycles. The molecule has 2 saturated heterocycles. The van der Waals surface area contributed by atoms with Gasteiger partial charge in [-0.05, 0) is 44.4 Å². The Kier molecular flexibility index (Phi) is 5.38. The third-order valence-corrected chi connectivity index (χ3v) is 7.95. The normalized spacial score (nSPS) is 18.4. The standard InChI is InChI=1S/C21H26N6O4S/c1-15-13-19(25-7-3-2-4-8-25)24-20(22-15)26-9-11-27(12-10-26)32(29,30)16-5-6-18-17(14-16)23-21(28)31-18/h5-6,13-14H,2-4,7-12H2,1H3,(H,23,28). The highest BCUT2D eigenvalue weighted by molar-refractivity contribution is 7.89. The molecule has 1 N–H and O–H groups in total. The van der Waals surface area contributed by atoms with E-state index in [1.165, 1.54) is 41.8 Å². The zero-order chi connectivity index (χ0) is 22.3. The van der Waals surface area contributed by atoms with E-state index in [2.05, 4.69) is 14.9 Å². The minimum absolute atomic E-state index is 0.134. The highest BCUT2D eigenvalue weighted by atomic mass is 32.2. The minimum Gasteiger partial charge on any atom is -0.408 e. The highest BCUT2D eigenvalue weighted by Crippen LogP contribution is 2.24. The van der Waals surface area contributed by atoms with Crippen molar-refractivity contribution >= 4 is 32.9 Å². The Hall–Kier alpha value is -2.92. The summed E-state index contributed by atoms with van der Waals surface area (Å²) in [6, 6.07) is 6.43. The molecule has 10 nitrogen and oxygen atoms in total. The Balaban J connectivity index is 1.32. The number of hydrogen-bond donors (Lipinski definition) is 1. The Morgan fingerprint density at radius 2 is 1.69 bits per heavy atom. The summed E-state index contributed by atoms with van der Waals surface area (Å²) in [5.41, 5.74) is 1.61. The lowest BCUT2D eigenvalue weighted by atomic mass is 10.1. The number of aromatic nitrogens is 3. The van der Waals surface area contributed by atoms with Crippen molar-refractivity contribution < 1.29 is 12.8 Å². The third kappa shape index (κ3) is 3.97. The molecule has 0 radical (unpaired) electrons. The van der Waals surface area contributed by atoms with E-state index in [1.807, 2.05) is 17.9 Å². The Morgan fingerprint density at radius 1 is 0.938 bits per heavy atom. The zero-order valence-electron chi connectivity index (χ0n) is 18.0. The van der Waals surface area contributed by atoms with Gasteiger partial charge >= 0.3 is 5.76 Å². The summed E-state index contributed by atoms with van der Waals surface area (Å²) in [5, 5.41) is 0. The molecule has 0 spiro atoms. The number of fused-ring (bicyclic) bond motifs is 1. The first-order valence-electron chi connectivity index (χ1n) is 10.9. The molecule has 0 amide bonds. The number of piperazine rings is 1. The highest BCUT2D eigenvalue weighted by Gasteiger charge is 2.30. The molecule has 32 heavy (non-hydrogen) atoms. The quantitative estimate of drug-likeness (QED) is 0.628. The lowest BCUT2D eigenvalue weighted by Gasteiger charge is -2.35. The number of rotatable bonds is 4. The molecule has 3 aromatic rings. The summed E-state index contributed by atoms with van der Waals surface area (Å²) in [5.74, 6) is 0.995. The van der Waals surface area contributed by atoms with Gasteiger partial charge in [0.25, 0.3) is 0 Å². The summed E-state index contributed by atoms with van der Waals surface area (Å²) in [6.07, 6.45) is 3.61. The monoisotopic (exact) mass is 458 g/mol. The van der Waals surface area contributed by atoms with Gasteiger partial charge in [0, 0.05) is 51.0 Å². The smallest absolute Gasteiger partial charge is 0.408 e. The van der Waals surface area contributed by atoms with Crippen LogP contribution in [0.15, 0.2) is 38.4 Å². The fourth-order valence-corrected chi connectivity index (χ4v) is 5.78. The average Bonchev–Trinajstić information content (AvgIpc) is 3.18. The first kappa shape index (κ1) is 21.0. The lowest BCUT2D eigenvalue weighted by Crippen LogP contribution is -2.49. The zero-order valence-corrected chi connectivity index (χ0v) is 18.8. The molecule has 2 aromatic heterocycles. The van der Waals surface area contributed by atoms with Crippen molar-refractivity contribution in [2.24, 2.45) is 0 Å². The molecule has 0 atom stereocenters. The second kappa shape index (κ2) is 8.21.